The third-order valence-electron chi connectivity index (χ3n) is 2.20. The normalized spacial score (nSPS) is 10.0. The molecule has 0 bridgehead atoms. The third kappa shape index (κ3) is 2.66. The van der Waals surface area contributed by atoms with Gasteiger partial charge in [-0.05, 0) is 12.8 Å². The smallest absolute Gasteiger partial charge is 0.270 e. The minimum absolute atomic E-state index is 0.0612. The molecule has 0 unspecified atom stereocenters. The van der Waals surface area contributed by atoms with Crippen molar-refractivity contribution in [3.63, 3.8) is 0 Å². The number of hydrogen-bond donors (Lipinski definition) is 3. The first-order valence-electron chi connectivity index (χ1n) is 4.91. The number of unbranched alkanes of at least 4 members (excludes halogenated alkanes) is 1. The van der Waals surface area contributed by atoms with Crippen LogP contribution in [0.15, 0.2) is 17.2 Å². The second-order valence-corrected chi connectivity index (χ2v) is 3.30. The summed E-state index contributed by atoms with van der Waals surface area (Å²) in [5, 5.41) is 0. The molecule has 0 fully saturated rings. The summed E-state index contributed by atoms with van der Waals surface area (Å²) in [7, 11) is 0. The molecule has 0 aliphatic carbocycles. The fourth-order valence-corrected chi connectivity index (χ4v) is 1.33. The van der Waals surface area contributed by atoms with Crippen LogP contribution < -0.4 is 16.7 Å². The zero-order valence-electron chi connectivity index (χ0n) is 8.67. The number of carbonyl (C=O) groups excluding carboxylic acids is 1. The Morgan fingerprint density at radius 3 is 2.87 bits per heavy atom. The van der Waals surface area contributed by atoms with Crippen LogP contribution in [0, 0.1) is 0 Å². The van der Waals surface area contributed by atoms with Gasteiger partial charge in [0.15, 0.2) is 5.43 Å². The third-order valence-corrected chi connectivity index (χ3v) is 2.20. The van der Waals surface area contributed by atoms with Crippen LogP contribution in [-0.4, -0.2) is 10.9 Å². The first-order valence-corrected chi connectivity index (χ1v) is 4.91. The Kier molecular flexibility index (Phi) is 4.05. The van der Waals surface area contributed by atoms with Gasteiger partial charge in [0.05, 0.1) is 0 Å². The summed E-state index contributed by atoms with van der Waals surface area (Å²) in [6.07, 6.45) is 5.60. The van der Waals surface area contributed by atoms with Gasteiger partial charge in [-0.1, -0.05) is 13.3 Å². The van der Waals surface area contributed by atoms with Crippen molar-refractivity contribution < 1.29 is 4.79 Å². The van der Waals surface area contributed by atoms with Crippen molar-refractivity contribution in [1.29, 1.82) is 0 Å². The molecule has 1 heterocycles. The highest BCUT2D eigenvalue weighted by Gasteiger charge is 2.11. The van der Waals surface area contributed by atoms with Crippen LogP contribution >= 0.6 is 0 Å². The van der Waals surface area contributed by atoms with E-state index in [1.807, 2.05) is 12.3 Å². The van der Waals surface area contributed by atoms with Crippen LogP contribution in [0.5, 0.6) is 0 Å². The summed E-state index contributed by atoms with van der Waals surface area (Å²) in [5.41, 5.74) is 2.39. The fraction of sp³-hybridized carbons (Fsp3) is 0.400. The second kappa shape index (κ2) is 5.31. The summed E-state index contributed by atoms with van der Waals surface area (Å²) in [4.78, 5) is 25.7. The van der Waals surface area contributed by atoms with E-state index >= 15 is 0 Å². The number of aromatic amines is 1. The molecule has 5 heteroatoms. The number of nitrogens with one attached hydrogen (secondary N) is 2. The number of hydrazine groups is 1. The van der Waals surface area contributed by atoms with E-state index in [-0.39, 0.29) is 11.0 Å². The Hall–Kier alpha value is -1.62. The summed E-state index contributed by atoms with van der Waals surface area (Å²) in [6, 6.07) is 0. The lowest BCUT2D eigenvalue weighted by atomic mass is 10.1. The fourth-order valence-electron chi connectivity index (χ4n) is 1.33. The molecule has 0 atom stereocenters. The predicted octanol–water partition coefficient (Wildman–Crippen LogP) is 0.321. The first-order chi connectivity index (χ1) is 7.20. The van der Waals surface area contributed by atoms with Gasteiger partial charge >= 0.3 is 0 Å². The molecule has 1 aromatic rings. The minimum Gasteiger partial charge on any atom is -0.366 e. The molecule has 5 nitrogen and oxygen atoms in total. The molecule has 4 N–H and O–H groups in total. The lowest BCUT2D eigenvalue weighted by Crippen LogP contribution is -2.34. The standard InChI is InChI=1S/C10H15N3O2/c1-2-3-4-7-5-12-6-8(9(7)14)10(15)13-11/h5-6H,2-4,11H2,1H3,(H,12,14)(H,13,15). The molecule has 1 aromatic heterocycles. The number of H-pyrrole nitrogens is 1. The van der Waals surface area contributed by atoms with E-state index in [4.69, 9.17) is 5.84 Å². The van der Waals surface area contributed by atoms with E-state index in [2.05, 4.69) is 4.98 Å². The Labute approximate surface area is 87.7 Å². The molecule has 0 aromatic carbocycles. The number of rotatable bonds is 4. The minimum atomic E-state index is -0.561. The largest absolute Gasteiger partial charge is 0.366 e. The molecule has 0 aliphatic rings. The van der Waals surface area contributed by atoms with Crippen LogP contribution in [0.1, 0.15) is 35.7 Å². The average Bonchev–Trinajstić information content (AvgIpc) is 2.27. The summed E-state index contributed by atoms with van der Waals surface area (Å²) in [5.74, 6) is 4.41. The van der Waals surface area contributed by atoms with Gasteiger partial charge in [0.25, 0.3) is 5.91 Å². The number of amides is 1. The van der Waals surface area contributed by atoms with Gasteiger partial charge in [0.1, 0.15) is 5.56 Å². The van der Waals surface area contributed by atoms with Crippen molar-refractivity contribution in [3.05, 3.63) is 33.7 Å². The van der Waals surface area contributed by atoms with E-state index in [1.165, 1.54) is 6.20 Å². The molecule has 82 valence electrons. The highest BCUT2D eigenvalue weighted by molar-refractivity contribution is 5.93. The van der Waals surface area contributed by atoms with Crippen LogP contribution in [0.4, 0.5) is 0 Å². The van der Waals surface area contributed by atoms with Gasteiger partial charge in [-0.15, -0.1) is 0 Å². The zero-order valence-corrected chi connectivity index (χ0v) is 8.67. The second-order valence-electron chi connectivity index (χ2n) is 3.30. The maximum absolute atomic E-state index is 11.7. The zero-order chi connectivity index (χ0) is 11.3. The quantitative estimate of drug-likeness (QED) is 0.379. The van der Waals surface area contributed by atoms with E-state index in [1.54, 1.807) is 6.20 Å². The van der Waals surface area contributed by atoms with Crippen LogP contribution in [0.2, 0.25) is 0 Å². The predicted molar refractivity (Wildman–Crippen MR) is 57.3 cm³/mol. The topological polar surface area (TPSA) is 88.0 Å². The molecule has 0 radical (unpaired) electrons. The molecule has 0 spiro atoms. The van der Waals surface area contributed by atoms with E-state index in [9.17, 15) is 9.59 Å². The number of nitrogens with two attached hydrogens (primary N) is 1. The van der Waals surface area contributed by atoms with Crippen LogP contribution in [0.3, 0.4) is 0 Å². The van der Waals surface area contributed by atoms with Crippen LogP contribution in [0.25, 0.3) is 0 Å². The van der Waals surface area contributed by atoms with E-state index in [0.717, 1.165) is 12.8 Å². The van der Waals surface area contributed by atoms with Crippen molar-refractivity contribution >= 4 is 5.91 Å². The van der Waals surface area contributed by atoms with E-state index in [0.29, 0.717) is 12.0 Å². The number of pyridine rings is 1. The van der Waals surface area contributed by atoms with Crippen molar-refractivity contribution in [1.82, 2.24) is 10.4 Å². The molecule has 15 heavy (non-hydrogen) atoms. The monoisotopic (exact) mass is 209 g/mol. The molecule has 1 rings (SSSR count). The summed E-state index contributed by atoms with van der Waals surface area (Å²) >= 11 is 0. The van der Waals surface area contributed by atoms with Crippen molar-refractivity contribution in [3.8, 4) is 0 Å². The number of aromatic nitrogens is 1. The number of hydrogen-bond acceptors (Lipinski definition) is 3. The van der Waals surface area contributed by atoms with E-state index < -0.39 is 5.91 Å². The molecular weight excluding hydrogens is 194 g/mol. The van der Waals surface area contributed by atoms with Gasteiger partial charge in [-0.3, -0.25) is 15.0 Å². The Morgan fingerprint density at radius 1 is 1.53 bits per heavy atom. The first kappa shape index (κ1) is 11.5. The number of aryl methyl sites for hydroxylation is 1. The number of carbonyl (C=O) groups is 1. The maximum atomic E-state index is 11.7. The molecule has 0 aliphatic heterocycles. The Morgan fingerprint density at radius 2 is 2.27 bits per heavy atom. The SMILES string of the molecule is CCCCc1c[nH]cc(C(=O)NN)c1=O. The van der Waals surface area contributed by atoms with Gasteiger partial charge in [-0.25, -0.2) is 5.84 Å². The molecule has 1 amide bonds. The number of nitrogen functional groups attached to an aromatic ring is 1. The lowest BCUT2D eigenvalue weighted by molar-refractivity contribution is 0.0952. The lowest BCUT2D eigenvalue weighted by Gasteiger charge is -2.02. The highest BCUT2D eigenvalue weighted by atomic mass is 16.2. The highest BCUT2D eigenvalue weighted by Crippen LogP contribution is 2.00. The molecular formula is C10H15N3O2. The van der Waals surface area contributed by atoms with Crippen molar-refractivity contribution in [2.24, 2.45) is 5.84 Å². The molecule has 0 saturated heterocycles. The van der Waals surface area contributed by atoms with Gasteiger partial charge in [0, 0.05) is 18.0 Å². The maximum Gasteiger partial charge on any atom is 0.270 e. The average molecular weight is 209 g/mol. The molecule has 0 saturated carbocycles. The van der Waals surface area contributed by atoms with Gasteiger partial charge < -0.3 is 4.98 Å². The van der Waals surface area contributed by atoms with Crippen molar-refractivity contribution in [2.45, 2.75) is 26.2 Å². The van der Waals surface area contributed by atoms with Crippen LogP contribution in [-0.2, 0) is 6.42 Å². The van der Waals surface area contributed by atoms with Crippen molar-refractivity contribution in [2.75, 3.05) is 0 Å². The van der Waals surface area contributed by atoms with Gasteiger partial charge in [-0.2, -0.15) is 0 Å². The van der Waals surface area contributed by atoms with Gasteiger partial charge in [0.2, 0.25) is 0 Å². The summed E-state index contributed by atoms with van der Waals surface area (Å²) in [6.45, 7) is 2.05. The summed E-state index contributed by atoms with van der Waals surface area (Å²) < 4.78 is 0. The Balaban J connectivity index is 3.01. The Bertz CT molecular complexity index is 398.